The molecule has 0 spiro atoms. The van der Waals surface area contributed by atoms with E-state index in [0.717, 1.165) is 18.5 Å². The summed E-state index contributed by atoms with van der Waals surface area (Å²) < 4.78 is 5.85. The zero-order valence-electron chi connectivity index (χ0n) is 14.9. The quantitative estimate of drug-likeness (QED) is 0.747. The van der Waals surface area contributed by atoms with Gasteiger partial charge in [-0.2, -0.15) is 5.10 Å². The van der Waals surface area contributed by atoms with Crippen LogP contribution in [0.25, 0.3) is 0 Å². The van der Waals surface area contributed by atoms with E-state index in [-0.39, 0.29) is 30.6 Å². The maximum absolute atomic E-state index is 12.5. The molecule has 1 aliphatic heterocycles. The van der Waals surface area contributed by atoms with Crippen LogP contribution in [0.5, 0.6) is 5.88 Å². The normalized spacial score (nSPS) is 17.0. The third-order valence-electron chi connectivity index (χ3n) is 4.45. The maximum atomic E-state index is 12.5. The molecule has 2 heterocycles. The topological polar surface area (TPSA) is 72.4 Å². The highest BCUT2D eigenvalue weighted by molar-refractivity contribution is 5.97. The van der Waals surface area contributed by atoms with Gasteiger partial charge in [-0.1, -0.05) is 30.3 Å². The number of carbonyl (C=O) groups excluding carboxylic acids is 2. The van der Waals surface area contributed by atoms with Gasteiger partial charge in [0.05, 0.1) is 12.2 Å². The fourth-order valence-electron chi connectivity index (χ4n) is 3.03. The molecule has 0 bridgehead atoms. The molecule has 1 unspecified atom stereocenters. The highest BCUT2D eigenvalue weighted by atomic mass is 16.5. The number of Topliss-reactive ketones (excluding diaryl/α,β-unsaturated/α-hetero) is 1. The summed E-state index contributed by atoms with van der Waals surface area (Å²) in [7, 11) is 0. The lowest BCUT2D eigenvalue weighted by Crippen LogP contribution is -2.44. The van der Waals surface area contributed by atoms with Crippen LogP contribution in [0.4, 0.5) is 0 Å². The van der Waals surface area contributed by atoms with E-state index >= 15 is 0 Å². The van der Waals surface area contributed by atoms with Crippen LogP contribution in [-0.2, 0) is 4.79 Å². The summed E-state index contributed by atoms with van der Waals surface area (Å²) >= 11 is 0. The van der Waals surface area contributed by atoms with Crippen LogP contribution in [0.15, 0.2) is 42.5 Å². The summed E-state index contributed by atoms with van der Waals surface area (Å²) in [5.74, 6) is 0.477. The van der Waals surface area contributed by atoms with Crippen LogP contribution >= 0.6 is 0 Å². The highest BCUT2D eigenvalue weighted by Gasteiger charge is 2.25. The second-order valence-electron chi connectivity index (χ2n) is 6.52. The summed E-state index contributed by atoms with van der Waals surface area (Å²) in [6, 6.07) is 12.7. The molecule has 0 aliphatic carbocycles. The number of carbonyl (C=O) groups is 2. The van der Waals surface area contributed by atoms with Crippen molar-refractivity contribution in [2.45, 2.75) is 38.7 Å². The van der Waals surface area contributed by atoms with Crippen molar-refractivity contribution < 1.29 is 14.3 Å². The molecule has 1 aliphatic rings. The van der Waals surface area contributed by atoms with E-state index in [2.05, 4.69) is 10.2 Å². The van der Waals surface area contributed by atoms with Crippen LogP contribution in [0, 0.1) is 6.92 Å². The molecule has 1 aromatic heterocycles. The van der Waals surface area contributed by atoms with Crippen molar-refractivity contribution in [1.82, 2.24) is 15.1 Å². The van der Waals surface area contributed by atoms with Gasteiger partial charge >= 0.3 is 0 Å². The standard InChI is InChI=1S/C20H23N3O3/c1-15-9-11-19(22-21-15)26-17-8-5-13-23(14-17)20(25)12-10-18(24)16-6-3-2-4-7-16/h2-4,6-7,9,11,17H,5,8,10,12-14H2,1H3. The number of amides is 1. The first-order valence-electron chi connectivity index (χ1n) is 8.95. The van der Waals surface area contributed by atoms with Crippen molar-refractivity contribution in [1.29, 1.82) is 0 Å². The molecule has 6 heteroatoms. The number of rotatable bonds is 6. The molecule has 1 atom stereocenters. The Bertz CT molecular complexity index is 747. The summed E-state index contributed by atoms with van der Waals surface area (Å²) in [5, 5.41) is 8.00. The summed E-state index contributed by atoms with van der Waals surface area (Å²) in [6.45, 7) is 3.10. The predicted molar refractivity (Wildman–Crippen MR) is 97.0 cm³/mol. The van der Waals surface area contributed by atoms with Crippen LogP contribution in [0.3, 0.4) is 0 Å². The largest absolute Gasteiger partial charge is 0.471 e. The van der Waals surface area contributed by atoms with E-state index in [1.165, 1.54) is 0 Å². The lowest BCUT2D eigenvalue weighted by molar-refractivity contribution is -0.133. The number of aryl methyl sites for hydroxylation is 1. The molecule has 0 radical (unpaired) electrons. The minimum atomic E-state index is -0.0884. The Labute approximate surface area is 153 Å². The van der Waals surface area contributed by atoms with E-state index in [1.54, 1.807) is 23.1 Å². The van der Waals surface area contributed by atoms with Gasteiger partial charge in [-0.3, -0.25) is 9.59 Å². The molecule has 1 amide bonds. The van der Waals surface area contributed by atoms with Gasteiger partial charge in [0.2, 0.25) is 11.8 Å². The number of aromatic nitrogens is 2. The third kappa shape index (κ3) is 4.88. The van der Waals surface area contributed by atoms with Gasteiger partial charge in [-0.25, -0.2) is 0 Å². The van der Waals surface area contributed by atoms with Crippen LogP contribution in [0.2, 0.25) is 0 Å². The number of nitrogens with zero attached hydrogens (tertiary/aromatic N) is 3. The van der Waals surface area contributed by atoms with Gasteiger partial charge in [0.25, 0.3) is 0 Å². The lowest BCUT2D eigenvalue weighted by Gasteiger charge is -2.32. The number of ketones is 1. The molecule has 1 aromatic carbocycles. The van der Waals surface area contributed by atoms with Gasteiger partial charge < -0.3 is 9.64 Å². The molecular weight excluding hydrogens is 330 g/mol. The van der Waals surface area contributed by atoms with Crippen molar-refractivity contribution in [3.05, 3.63) is 53.7 Å². The number of piperidine rings is 1. The molecule has 3 rings (SSSR count). The fraction of sp³-hybridized carbons (Fsp3) is 0.400. The van der Waals surface area contributed by atoms with Crippen LogP contribution in [0.1, 0.15) is 41.7 Å². The summed E-state index contributed by atoms with van der Waals surface area (Å²) in [4.78, 5) is 26.4. The van der Waals surface area contributed by atoms with E-state index in [0.29, 0.717) is 24.5 Å². The molecule has 0 N–H and O–H groups in total. The second kappa shape index (κ2) is 8.56. The smallest absolute Gasteiger partial charge is 0.233 e. The average Bonchev–Trinajstić information content (AvgIpc) is 2.68. The summed E-state index contributed by atoms with van der Waals surface area (Å²) in [5.41, 5.74) is 1.49. The Balaban J connectivity index is 1.49. The third-order valence-corrected chi connectivity index (χ3v) is 4.45. The first kappa shape index (κ1) is 18.0. The zero-order valence-corrected chi connectivity index (χ0v) is 14.9. The first-order chi connectivity index (χ1) is 12.6. The molecule has 6 nitrogen and oxygen atoms in total. The fourth-order valence-corrected chi connectivity index (χ4v) is 3.03. The molecule has 0 saturated carbocycles. The minimum Gasteiger partial charge on any atom is -0.471 e. The second-order valence-corrected chi connectivity index (χ2v) is 6.52. The Hall–Kier alpha value is -2.76. The molecule has 1 fully saturated rings. The van der Waals surface area contributed by atoms with Crippen LogP contribution < -0.4 is 4.74 Å². The minimum absolute atomic E-state index is 0.00121. The molecule has 1 saturated heterocycles. The Morgan fingerprint density at radius 1 is 1.12 bits per heavy atom. The van der Waals surface area contributed by atoms with Crippen molar-refractivity contribution >= 4 is 11.7 Å². The Morgan fingerprint density at radius 2 is 1.92 bits per heavy atom. The van der Waals surface area contributed by atoms with E-state index < -0.39 is 0 Å². The van der Waals surface area contributed by atoms with Crippen LogP contribution in [-0.4, -0.2) is 46.0 Å². The van der Waals surface area contributed by atoms with Crippen molar-refractivity contribution in [2.24, 2.45) is 0 Å². The number of benzene rings is 1. The van der Waals surface area contributed by atoms with Gasteiger partial charge in [0, 0.05) is 31.0 Å². The first-order valence-corrected chi connectivity index (χ1v) is 8.95. The monoisotopic (exact) mass is 353 g/mol. The summed E-state index contributed by atoms with van der Waals surface area (Å²) in [6.07, 6.45) is 2.12. The van der Waals surface area contributed by atoms with Gasteiger partial charge in [-0.15, -0.1) is 5.10 Å². The Morgan fingerprint density at radius 3 is 2.65 bits per heavy atom. The predicted octanol–water partition coefficient (Wildman–Crippen LogP) is 2.82. The lowest BCUT2D eigenvalue weighted by atomic mass is 10.0. The highest BCUT2D eigenvalue weighted by Crippen LogP contribution is 2.18. The maximum Gasteiger partial charge on any atom is 0.233 e. The number of ether oxygens (including phenoxy) is 1. The van der Waals surface area contributed by atoms with Gasteiger partial charge in [0.15, 0.2) is 5.78 Å². The number of hydrogen-bond donors (Lipinski definition) is 0. The Kier molecular flexibility index (Phi) is 5.94. The molecule has 2 aromatic rings. The van der Waals surface area contributed by atoms with E-state index in [9.17, 15) is 9.59 Å². The van der Waals surface area contributed by atoms with E-state index in [1.807, 2.05) is 31.2 Å². The molecular formula is C20H23N3O3. The number of likely N-dealkylation sites (tertiary alicyclic amines) is 1. The van der Waals surface area contributed by atoms with Gasteiger partial charge in [-0.05, 0) is 25.8 Å². The number of hydrogen-bond acceptors (Lipinski definition) is 5. The zero-order chi connectivity index (χ0) is 18.4. The van der Waals surface area contributed by atoms with Crippen molar-refractivity contribution in [2.75, 3.05) is 13.1 Å². The van der Waals surface area contributed by atoms with Gasteiger partial charge in [0.1, 0.15) is 6.10 Å². The molecule has 136 valence electrons. The molecule has 26 heavy (non-hydrogen) atoms. The average molecular weight is 353 g/mol. The SMILES string of the molecule is Cc1ccc(OC2CCCN(C(=O)CCC(=O)c3ccccc3)C2)nn1. The van der Waals surface area contributed by atoms with E-state index in [4.69, 9.17) is 4.74 Å². The van der Waals surface area contributed by atoms with Crippen molar-refractivity contribution in [3.8, 4) is 5.88 Å². The van der Waals surface area contributed by atoms with Crippen molar-refractivity contribution in [3.63, 3.8) is 0 Å².